The van der Waals surface area contributed by atoms with Gasteiger partial charge in [0.25, 0.3) is 0 Å². The number of hydrogen-bond acceptors (Lipinski definition) is 1. The summed E-state index contributed by atoms with van der Waals surface area (Å²) < 4.78 is 27.1. The smallest absolute Gasteiger partial charge is 0.162 e. The Bertz CT molecular complexity index is 437. The fraction of sp³-hybridized carbons (Fsp3) is 0.667. The molecule has 0 aliphatic carbocycles. The van der Waals surface area contributed by atoms with Crippen LogP contribution in [0.2, 0.25) is 0 Å². The van der Waals surface area contributed by atoms with Gasteiger partial charge in [0.15, 0.2) is 11.6 Å². The Kier molecular flexibility index (Phi) is 6.79. The minimum absolute atomic E-state index is 0.184. The summed E-state index contributed by atoms with van der Waals surface area (Å²) in [5, 5.41) is 3.41. The van der Waals surface area contributed by atoms with Gasteiger partial charge in [-0.3, -0.25) is 0 Å². The number of likely N-dealkylation sites (N-methyl/N-ethyl adjacent to an activating group) is 1. The van der Waals surface area contributed by atoms with Crippen molar-refractivity contribution >= 4 is 0 Å². The first-order valence-corrected chi connectivity index (χ1v) is 7.89. The molecule has 0 aromatic heterocycles. The van der Waals surface area contributed by atoms with Gasteiger partial charge in [0.2, 0.25) is 0 Å². The highest BCUT2D eigenvalue weighted by Crippen LogP contribution is 2.27. The van der Waals surface area contributed by atoms with Crippen LogP contribution in [-0.2, 0) is 6.42 Å². The summed E-state index contributed by atoms with van der Waals surface area (Å²) in [6, 6.07) is 4.61. The van der Waals surface area contributed by atoms with Crippen molar-refractivity contribution in [2.45, 2.75) is 59.9 Å². The van der Waals surface area contributed by atoms with Crippen molar-refractivity contribution in [3.05, 3.63) is 35.4 Å². The van der Waals surface area contributed by atoms with Crippen LogP contribution in [0.15, 0.2) is 18.2 Å². The molecule has 0 spiro atoms. The van der Waals surface area contributed by atoms with E-state index < -0.39 is 11.6 Å². The summed E-state index contributed by atoms with van der Waals surface area (Å²) >= 11 is 0. The number of rotatable bonds is 7. The molecule has 21 heavy (non-hydrogen) atoms. The monoisotopic (exact) mass is 297 g/mol. The van der Waals surface area contributed by atoms with Crippen molar-refractivity contribution in [2.75, 3.05) is 6.54 Å². The molecule has 1 aromatic carbocycles. The van der Waals surface area contributed by atoms with Crippen LogP contribution >= 0.6 is 0 Å². The lowest BCUT2D eigenvalue weighted by molar-refractivity contribution is 0.274. The zero-order chi connectivity index (χ0) is 16.0. The number of hydrogen-bond donors (Lipinski definition) is 1. The highest BCUT2D eigenvalue weighted by Gasteiger charge is 2.20. The molecule has 1 aromatic rings. The van der Waals surface area contributed by atoms with E-state index in [2.05, 4.69) is 33.0 Å². The van der Waals surface area contributed by atoms with Crippen LogP contribution in [0.25, 0.3) is 0 Å². The third-order valence-electron chi connectivity index (χ3n) is 3.64. The molecule has 0 aliphatic rings. The normalized spacial score (nSPS) is 15.0. The third kappa shape index (κ3) is 6.56. The zero-order valence-electron chi connectivity index (χ0n) is 14.0. The van der Waals surface area contributed by atoms with Gasteiger partial charge in [-0.05, 0) is 48.8 Å². The fourth-order valence-corrected chi connectivity index (χ4v) is 3.11. The molecule has 2 unspecified atom stereocenters. The molecule has 1 rings (SSSR count). The minimum atomic E-state index is -0.759. The molecule has 0 heterocycles. The highest BCUT2D eigenvalue weighted by atomic mass is 19.2. The summed E-state index contributed by atoms with van der Waals surface area (Å²) in [7, 11) is 0. The molecule has 0 amide bonds. The Labute approximate surface area is 128 Å². The second-order valence-electron chi connectivity index (χ2n) is 7.28. The molecule has 0 radical (unpaired) electrons. The van der Waals surface area contributed by atoms with Gasteiger partial charge in [0.05, 0.1) is 0 Å². The van der Waals surface area contributed by atoms with Crippen LogP contribution in [0.5, 0.6) is 0 Å². The third-order valence-corrected chi connectivity index (χ3v) is 3.64. The van der Waals surface area contributed by atoms with Gasteiger partial charge < -0.3 is 5.32 Å². The average molecular weight is 297 g/mol. The van der Waals surface area contributed by atoms with Gasteiger partial charge in [-0.15, -0.1) is 0 Å². The van der Waals surface area contributed by atoms with Gasteiger partial charge >= 0.3 is 0 Å². The molecular weight excluding hydrogens is 268 g/mol. The van der Waals surface area contributed by atoms with E-state index >= 15 is 0 Å². The maximum Gasteiger partial charge on any atom is 0.162 e. The average Bonchev–Trinajstić information content (AvgIpc) is 2.32. The first-order valence-electron chi connectivity index (χ1n) is 7.89. The number of benzene rings is 1. The van der Waals surface area contributed by atoms with Crippen molar-refractivity contribution in [1.29, 1.82) is 0 Å². The molecular formula is C18H29F2N. The van der Waals surface area contributed by atoms with Crippen LogP contribution < -0.4 is 5.32 Å². The van der Waals surface area contributed by atoms with Crippen LogP contribution in [0.4, 0.5) is 8.78 Å². The van der Waals surface area contributed by atoms with Crippen molar-refractivity contribution in [1.82, 2.24) is 5.32 Å². The standard InChI is InChI=1S/C18H29F2N/c1-6-21-15(10-13(2)12-18(3,4)5)11-14-8-7-9-16(19)17(14)20/h7-9,13,15,21H,6,10-12H2,1-5H3. The van der Waals surface area contributed by atoms with E-state index in [-0.39, 0.29) is 6.04 Å². The van der Waals surface area contributed by atoms with E-state index in [4.69, 9.17) is 0 Å². The van der Waals surface area contributed by atoms with E-state index in [1.807, 2.05) is 6.92 Å². The van der Waals surface area contributed by atoms with Gasteiger partial charge in [-0.2, -0.15) is 0 Å². The zero-order valence-corrected chi connectivity index (χ0v) is 14.0. The maximum absolute atomic E-state index is 13.8. The predicted octanol–water partition coefficient (Wildman–Crippen LogP) is 4.95. The van der Waals surface area contributed by atoms with Crippen LogP contribution in [0.1, 0.15) is 53.0 Å². The summed E-state index contributed by atoms with van der Waals surface area (Å²) in [6.07, 6.45) is 2.63. The Morgan fingerprint density at radius 2 is 1.86 bits per heavy atom. The molecule has 0 saturated heterocycles. The van der Waals surface area contributed by atoms with E-state index in [1.54, 1.807) is 12.1 Å². The second kappa shape index (κ2) is 7.88. The van der Waals surface area contributed by atoms with Crippen molar-refractivity contribution in [2.24, 2.45) is 11.3 Å². The van der Waals surface area contributed by atoms with Gasteiger partial charge in [-0.1, -0.05) is 46.8 Å². The summed E-state index contributed by atoms with van der Waals surface area (Å²) in [6.45, 7) is 11.8. The lowest BCUT2D eigenvalue weighted by Crippen LogP contribution is -2.33. The molecule has 2 atom stereocenters. The van der Waals surface area contributed by atoms with E-state index in [9.17, 15) is 8.78 Å². The van der Waals surface area contributed by atoms with Crippen LogP contribution in [0.3, 0.4) is 0 Å². The van der Waals surface area contributed by atoms with E-state index in [0.717, 1.165) is 19.4 Å². The topological polar surface area (TPSA) is 12.0 Å². The fourth-order valence-electron chi connectivity index (χ4n) is 3.11. The first-order chi connectivity index (χ1) is 9.73. The maximum atomic E-state index is 13.8. The first kappa shape index (κ1) is 18.1. The van der Waals surface area contributed by atoms with Gasteiger partial charge in [0, 0.05) is 6.04 Å². The molecule has 1 nitrogen and oxygen atoms in total. The van der Waals surface area contributed by atoms with Crippen LogP contribution in [-0.4, -0.2) is 12.6 Å². The number of nitrogens with one attached hydrogen (secondary N) is 1. The lowest BCUT2D eigenvalue weighted by atomic mass is 9.82. The van der Waals surface area contributed by atoms with Crippen molar-refractivity contribution in [3.8, 4) is 0 Å². The van der Waals surface area contributed by atoms with E-state index in [0.29, 0.717) is 23.3 Å². The van der Waals surface area contributed by atoms with Crippen LogP contribution in [0, 0.1) is 23.0 Å². The molecule has 120 valence electrons. The minimum Gasteiger partial charge on any atom is -0.314 e. The largest absolute Gasteiger partial charge is 0.314 e. The summed E-state index contributed by atoms with van der Waals surface area (Å²) in [5.74, 6) is -0.917. The van der Waals surface area contributed by atoms with E-state index in [1.165, 1.54) is 6.07 Å². The van der Waals surface area contributed by atoms with Gasteiger partial charge in [0.1, 0.15) is 0 Å². The molecule has 1 N–H and O–H groups in total. The highest BCUT2D eigenvalue weighted by molar-refractivity contribution is 5.20. The van der Waals surface area contributed by atoms with Crippen molar-refractivity contribution < 1.29 is 8.78 Å². The Hall–Kier alpha value is -0.960. The molecule has 0 fully saturated rings. The van der Waals surface area contributed by atoms with Crippen molar-refractivity contribution in [3.63, 3.8) is 0 Å². The second-order valence-corrected chi connectivity index (χ2v) is 7.28. The Balaban J connectivity index is 2.71. The molecule has 0 aliphatic heterocycles. The lowest BCUT2D eigenvalue weighted by Gasteiger charge is -2.27. The predicted molar refractivity (Wildman–Crippen MR) is 85.4 cm³/mol. The Morgan fingerprint density at radius 1 is 1.19 bits per heavy atom. The summed E-state index contributed by atoms with van der Waals surface area (Å²) in [4.78, 5) is 0. The quantitative estimate of drug-likeness (QED) is 0.751. The van der Waals surface area contributed by atoms with Gasteiger partial charge in [-0.25, -0.2) is 8.78 Å². The Morgan fingerprint density at radius 3 is 2.43 bits per heavy atom. The molecule has 0 bridgehead atoms. The summed E-state index contributed by atoms with van der Waals surface area (Å²) in [5.41, 5.74) is 0.754. The molecule has 3 heteroatoms. The SMILES string of the molecule is CCNC(Cc1cccc(F)c1F)CC(C)CC(C)(C)C. The number of halogens is 2. The molecule has 0 saturated carbocycles.